The van der Waals surface area contributed by atoms with Crippen LogP contribution in [0.5, 0.6) is 0 Å². The second-order valence-corrected chi connectivity index (χ2v) is 4.12. The molecule has 0 saturated carbocycles. The Kier molecular flexibility index (Phi) is 2.36. The van der Waals surface area contributed by atoms with Crippen molar-refractivity contribution < 1.29 is 0 Å². The number of rotatable bonds is 0. The minimum absolute atomic E-state index is 0.520. The fourth-order valence-corrected chi connectivity index (χ4v) is 2.25. The van der Waals surface area contributed by atoms with Crippen molar-refractivity contribution in [2.24, 2.45) is 0 Å². The molecule has 66 valence electrons. The number of nitrogens with one attached hydrogen (secondary N) is 1. The highest BCUT2D eigenvalue weighted by Crippen LogP contribution is 2.26. The SMILES string of the molecule is N#Cc1cc(I)c2c(n1)CCCN2. The van der Waals surface area contributed by atoms with Crippen LogP contribution in [-0.4, -0.2) is 11.5 Å². The Morgan fingerprint density at radius 3 is 3.23 bits per heavy atom. The van der Waals surface area contributed by atoms with E-state index in [-0.39, 0.29) is 0 Å². The lowest BCUT2D eigenvalue weighted by Gasteiger charge is -2.18. The minimum Gasteiger partial charge on any atom is -0.383 e. The molecular weight excluding hydrogens is 277 g/mol. The van der Waals surface area contributed by atoms with Gasteiger partial charge in [-0.2, -0.15) is 5.26 Å². The Labute approximate surface area is 90.3 Å². The molecule has 0 atom stereocenters. The van der Waals surface area contributed by atoms with Crippen molar-refractivity contribution in [1.29, 1.82) is 5.26 Å². The van der Waals surface area contributed by atoms with Crippen LogP contribution >= 0.6 is 22.6 Å². The highest BCUT2D eigenvalue weighted by atomic mass is 127. The lowest BCUT2D eigenvalue weighted by Crippen LogP contribution is -2.15. The summed E-state index contributed by atoms with van der Waals surface area (Å²) in [5.74, 6) is 0. The number of aryl methyl sites for hydroxylation is 1. The Hall–Kier alpha value is -0.830. The number of pyridine rings is 1. The van der Waals surface area contributed by atoms with Crippen LogP contribution in [0, 0.1) is 14.9 Å². The summed E-state index contributed by atoms with van der Waals surface area (Å²) < 4.78 is 1.10. The smallest absolute Gasteiger partial charge is 0.141 e. The Bertz CT molecular complexity index is 381. The van der Waals surface area contributed by atoms with E-state index in [2.05, 4.69) is 39.0 Å². The zero-order chi connectivity index (χ0) is 9.26. The molecule has 4 heteroatoms. The van der Waals surface area contributed by atoms with E-state index >= 15 is 0 Å². The maximum atomic E-state index is 8.73. The first kappa shape index (κ1) is 8.75. The van der Waals surface area contributed by atoms with Gasteiger partial charge in [0.2, 0.25) is 0 Å². The molecule has 1 aliphatic rings. The van der Waals surface area contributed by atoms with Crippen LogP contribution in [0.15, 0.2) is 6.07 Å². The molecule has 0 spiro atoms. The molecule has 3 nitrogen and oxygen atoms in total. The van der Waals surface area contributed by atoms with Crippen molar-refractivity contribution in [3.8, 4) is 6.07 Å². The molecule has 0 bridgehead atoms. The molecule has 1 N–H and O–H groups in total. The molecule has 1 aromatic rings. The summed E-state index contributed by atoms with van der Waals surface area (Å²) >= 11 is 2.24. The van der Waals surface area contributed by atoms with Gasteiger partial charge in [0.15, 0.2) is 0 Å². The van der Waals surface area contributed by atoms with Gasteiger partial charge in [-0.25, -0.2) is 4.98 Å². The summed E-state index contributed by atoms with van der Waals surface area (Å²) in [5, 5.41) is 12.0. The highest BCUT2D eigenvalue weighted by Gasteiger charge is 2.13. The first-order chi connectivity index (χ1) is 6.31. The van der Waals surface area contributed by atoms with Gasteiger partial charge < -0.3 is 5.32 Å². The monoisotopic (exact) mass is 285 g/mol. The van der Waals surface area contributed by atoms with Gasteiger partial charge in [0.1, 0.15) is 11.8 Å². The number of nitriles is 1. The maximum absolute atomic E-state index is 8.73. The summed E-state index contributed by atoms with van der Waals surface area (Å²) in [5.41, 5.74) is 2.67. The zero-order valence-electron chi connectivity index (χ0n) is 6.97. The molecular formula is C9H8IN3. The third kappa shape index (κ3) is 1.61. The van der Waals surface area contributed by atoms with E-state index in [1.807, 2.05) is 6.07 Å². The molecule has 0 radical (unpaired) electrons. The Morgan fingerprint density at radius 2 is 2.46 bits per heavy atom. The number of hydrogen-bond donors (Lipinski definition) is 1. The zero-order valence-corrected chi connectivity index (χ0v) is 9.13. The predicted molar refractivity (Wildman–Crippen MR) is 58.5 cm³/mol. The largest absolute Gasteiger partial charge is 0.383 e. The Morgan fingerprint density at radius 1 is 1.62 bits per heavy atom. The second-order valence-electron chi connectivity index (χ2n) is 2.95. The van der Waals surface area contributed by atoms with Crippen molar-refractivity contribution in [1.82, 2.24) is 4.98 Å². The third-order valence-electron chi connectivity index (χ3n) is 2.05. The van der Waals surface area contributed by atoms with Gasteiger partial charge in [0.25, 0.3) is 0 Å². The molecule has 0 saturated heterocycles. The lowest BCUT2D eigenvalue weighted by atomic mass is 10.1. The summed E-state index contributed by atoms with van der Waals surface area (Å²) in [4.78, 5) is 4.26. The van der Waals surface area contributed by atoms with Crippen molar-refractivity contribution in [3.05, 3.63) is 21.0 Å². The number of hydrogen-bond acceptors (Lipinski definition) is 3. The van der Waals surface area contributed by atoms with E-state index in [1.54, 1.807) is 0 Å². The van der Waals surface area contributed by atoms with Crippen molar-refractivity contribution in [2.45, 2.75) is 12.8 Å². The molecule has 0 amide bonds. The summed E-state index contributed by atoms with van der Waals surface area (Å²) in [6, 6.07) is 3.89. The average molecular weight is 285 g/mol. The van der Waals surface area contributed by atoms with Gasteiger partial charge in [-0.05, 0) is 41.5 Å². The summed E-state index contributed by atoms with van der Waals surface area (Å²) in [7, 11) is 0. The molecule has 0 unspecified atom stereocenters. The first-order valence-corrected chi connectivity index (χ1v) is 5.22. The topological polar surface area (TPSA) is 48.7 Å². The number of fused-ring (bicyclic) bond motifs is 1. The molecule has 2 rings (SSSR count). The maximum Gasteiger partial charge on any atom is 0.141 e. The molecule has 2 heterocycles. The van der Waals surface area contributed by atoms with Crippen LogP contribution in [0.3, 0.4) is 0 Å². The van der Waals surface area contributed by atoms with Crippen LogP contribution in [0.25, 0.3) is 0 Å². The first-order valence-electron chi connectivity index (χ1n) is 4.14. The molecule has 0 fully saturated rings. The van der Waals surface area contributed by atoms with Gasteiger partial charge in [-0.15, -0.1) is 0 Å². The van der Waals surface area contributed by atoms with Gasteiger partial charge in [0, 0.05) is 10.1 Å². The van der Waals surface area contributed by atoms with Crippen molar-refractivity contribution in [3.63, 3.8) is 0 Å². The van der Waals surface area contributed by atoms with Crippen molar-refractivity contribution >= 4 is 28.3 Å². The Balaban J connectivity index is 2.54. The standard InChI is InChI=1S/C9H8IN3/c10-7-4-6(5-11)13-8-2-1-3-12-9(7)8/h4,12H,1-3H2. The van der Waals surface area contributed by atoms with Gasteiger partial charge >= 0.3 is 0 Å². The van der Waals surface area contributed by atoms with Crippen molar-refractivity contribution in [2.75, 3.05) is 11.9 Å². The van der Waals surface area contributed by atoms with E-state index in [4.69, 9.17) is 5.26 Å². The van der Waals surface area contributed by atoms with Crippen LogP contribution < -0.4 is 5.32 Å². The fraction of sp³-hybridized carbons (Fsp3) is 0.333. The number of anilines is 1. The quantitative estimate of drug-likeness (QED) is 0.741. The summed E-state index contributed by atoms with van der Waals surface area (Å²) in [6.07, 6.45) is 2.08. The van der Waals surface area contributed by atoms with Gasteiger partial charge in [-0.1, -0.05) is 0 Å². The minimum atomic E-state index is 0.520. The average Bonchev–Trinajstić information content (AvgIpc) is 2.18. The summed E-state index contributed by atoms with van der Waals surface area (Å²) in [6.45, 7) is 1.01. The van der Waals surface area contributed by atoms with E-state index in [9.17, 15) is 0 Å². The number of nitrogens with zero attached hydrogens (tertiary/aromatic N) is 2. The molecule has 0 aromatic carbocycles. The van der Waals surface area contributed by atoms with E-state index in [0.29, 0.717) is 5.69 Å². The fourth-order valence-electron chi connectivity index (χ4n) is 1.46. The lowest BCUT2D eigenvalue weighted by molar-refractivity contribution is 0.797. The van der Waals surface area contributed by atoms with Crippen LogP contribution in [0.4, 0.5) is 5.69 Å². The van der Waals surface area contributed by atoms with Crippen LogP contribution in [0.1, 0.15) is 17.8 Å². The molecule has 13 heavy (non-hydrogen) atoms. The predicted octanol–water partition coefficient (Wildman–Crippen LogP) is 1.92. The van der Waals surface area contributed by atoms with E-state index in [0.717, 1.165) is 34.3 Å². The third-order valence-corrected chi connectivity index (χ3v) is 2.90. The highest BCUT2D eigenvalue weighted by molar-refractivity contribution is 14.1. The molecule has 1 aliphatic heterocycles. The number of aromatic nitrogens is 1. The van der Waals surface area contributed by atoms with Gasteiger partial charge in [0.05, 0.1) is 11.4 Å². The molecule has 1 aromatic heterocycles. The second kappa shape index (κ2) is 3.50. The van der Waals surface area contributed by atoms with Crippen LogP contribution in [0.2, 0.25) is 0 Å². The molecule has 0 aliphatic carbocycles. The van der Waals surface area contributed by atoms with E-state index in [1.165, 1.54) is 0 Å². The van der Waals surface area contributed by atoms with Gasteiger partial charge in [-0.3, -0.25) is 0 Å². The van der Waals surface area contributed by atoms with E-state index < -0.39 is 0 Å². The normalized spacial score (nSPS) is 14.2. The van der Waals surface area contributed by atoms with Crippen LogP contribution in [-0.2, 0) is 6.42 Å². The number of halogens is 1.